The normalized spacial score (nSPS) is 16.9. The third-order valence-electron chi connectivity index (χ3n) is 3.74. The number of hydrogen-bond donors (Lipinski definition) is 2. The van der Waals surface area contributed by atoms with Gasteiger partial charge in [-0.05, 0) is 25.1 Å². The molecule has 0 spiro atoms. The molecule has 1 atom stereocenters. The van der Waals surface area contributed by atoms with Crippen molar-refractivity contribution in [3.63, 3.8) is 0 Å². The van der Waals surface area contributed by atoms with E-state index in [1.807, 2.05) is 48.8 Å². The molecule has 4 heterocycles. The Kier molecular flexibility index (Phi) is 4.83. The predicted octanol–water partition coefficient (Wildman–Crippen LogP) is 2.59. The third-order valence-corrected chi connectivity index (χ3v) is 3.74. The van der Waals surface area contributed by atoms with Crippen LogP contribution in [0.5, 0.6) is 0 Å². The largest absolute Gasteiger partial charge is 0.366 e. The molecule has 3 aromatic rings. The van der Waals surface area contributed by atoms with Crippen LogP contribution in [-0.2, 0) is 0 Å². The fourth-order valence-electron chi connectivity index (χ4n) is 2.68. The Labute approximate surface area is 136 Å². The second kappa shape index (κ2) is 7.19. The number of aromatic nitrogens is 4. The average molecular weight is 310 g/mol. The van der Waals surface area contributed by atoms with Gasteiger partial charge in [0.05, 0.1) is 23.8 Å². The maximum absolute atomic E-state index is 4.71. The Balaban J connectivity index is 0.000000753. The van der Waals surface area contributed by atoms with Gasteiger partial charge in [0.2, 0.25) is 0 Å². The van der Waals surface area contributed by atoms with Crippen molar-refractivity contribution in [2.45, 2.75) is 26.3 Å². The number of imidazole rings is 1. The highest BCUT2D eigenvalue weighted by molar-refractivity contribution is 5.61. The summed E-state index contributed by atoms with van der Waals surface area (Å²) in [7, 11) is 0. The molecule has 1 aliphatic rings. The first-order valence-corrected chi connectivity index (χ1v) is 8.12. The predicted molar refractivity (Wildman–Crippen MR) is 92.5 cm³/mol. The molecule has 3 aromatic heterocycles. The first kappa shape index (κ1) is 15.4. The van der Waals surface area contributed by atoms with Crippen LogP contribution >= 0.6 is 0 Å². The van der Waals surface area contributed by atoms with E-state index in [9.17, 15) is 0 Å². The SMILES string of the molecule is CC.c1cc(NC2CCNC2)nc(-c2cnc3cnccn23)c1. The Bertz CT molecular complexity index is 760. The Morgan fingerprint density at radius 3 is 3.00 bits per heavy atom. The summed E-state index contributed by atoms with van der Waals surface area (Å²) in [5, 5.41) is 6.82. The summed E-state index contributed by atoms with van der Waals surface area (Å²) in [6.07, 6.45) is 8.37. The summed E-state index contributed by atoms with van der Waals surface area (Å²) < 4.78 is 2.00. The van der Waals surface area contributed by atoms with E-state index in [1.165, 1.54) is 0 Å². The number of hydrogen-bond acceptors (Lipinski definition) is 5. The summed E-state index contributed by atoms with van der Waals surface area (Å²) in [4.78, 5) is 13.1. The lowest BCUT2D eigenvalue weighted by Gasteiger charge is -2.12. The van der Waals surface area contributed by atoms with E-state index < -0.39 is 0 Å². The third kappa shape index (κ3) is 3.32. The average Bonchev–Trinajstić information content (AvgIpc) is 3.26. The molecule has 0 saturated carbocycles. The molecule has 1 saturated heterocycles. The van der Waals surface area contributed by atoms with Gasteiger partial charge in [-0.2, -0.15) is 0 Å². The van der Waals surface area contributed by atoms with Crippen LogP contribution in [-0.4, -0.2) is 38.5 Å². The molecule has 6 nitrogen and oxygen atoms in total. The molecule has 1 unspecified atom stereocenters. The molecule has 0 radical (unpaired) electrons. The molecule has 0 aliphatic carbocycles. The number of fused-ring (bicyclic) bond motifs is 1. The van der Waals surface area contributed by atoms with Crippen molar-refractivity contribution in [2.75, 3.05) is 18.4 Å². The second-order valence-corrected chi connectivity index (χ2v) is 5.19. The first-order chi connectivity index (χ1) is 11.4. The number of rotatable bonds is 3. The van der Waals surface area contributed by atoms with Gasteiger partial charge in [-0.3, -0.25) is 9.38 Å². The molecular weight excluding hydrogens is 288 g/mol. The number of pyridine rings is 1. The lowest BCUT2D eigenvalue weighted by atomic mass is 10.2. The van der Waals surface area contributed by atoms with Crippen molar-refractivity contribution in [3.05, 3.63) is 43.0 Å². The van der Waals surface area contributed by atoms with Crippen molar-refractivity contribution in [2.24, 2.45) is 0 Å². The minimum absolute atomic E-state index is 0.458. The lowest BCUT2D eigenvalue weighted by molar-refractivity contribution is 0.788. The van der Waals surface area contributed by atoms with E-state index in [-0.39, 0.29) is 0 Å². The van der Waals surface area contributed by atoms with Gasteiger partial charge in [-0.15, -0.1) is 0 Å². The topological polar surface area (TPSA) is 67.1 Å². The van der Waals surface area contributed by atoms with E-state index in [0.717, 1.165) is 42.4 Å². The quantitative estimate of drug-likeness (QED) is 0.778. The highest BCUT2D eigenvalue weighted by atomic mass is 15.1. The van der Waals surface area contributed by atoms with E-state index in [1.54, 1.807) is 12.4 Å². The number of nitrogens with one attached hydrogen (secondary N) is 2. The van der Waals surface area contributed by atoms with Gasteiger partial charge >= 0.3 is 0 Å². The molecule has 0 aromatic carbocycles. The standard InChI is InChI=1S/C15H16N6.C2H6/c1-2-12(13-9-18-15-10-17-6-7-21(13)15)20-14(3-1)19-11-4-5-16-8-11;1-2/h1-3,6-7,9-11,16H,4-5,8H2,(H,19,20);1-2H3. The van der Waals surface area contributed by atoms with Gasteiger partial charge in [-0.25, -0.2) is 9.97 Å². The summed E-state index contributed by atoms with van der Waals surface area (Å²) in [5.74, 6) is 0.908. The van der Waals surface area contributed by atoms with Crippen molar-refractivity contribution in [1.29, 1.82) is 0 Å². The van der Waals surface area contributed by atoms with Gasteiger partial charge in [0.15, 0.2) is 5.65 Å². The van der Waals surface area contributed by atoms with Crippen molar-refractivity contribution < 1.29 is 0 Å². The van der Waals surface area contributed by atoms with Gasteiger partial charge in [0.1, 0.15) is 5.82 Å². The number of nitrogens with zero attached hydrogens (tertiary/aromatic N) is 4. The van der Waals surface area contributed by atoms with Crippen molar-refractivity contribution in [3.8, 4) is 11.4 Å². The highest BCUT2D eigenvalue weighted by Gasteiger charge is 2.15. The monoisotopic (exact) mass is 310 g/mol. The van der Waals surface area contributed by atoms with Crippen LogP contribution in [0, 0.1) is 0 Å². The van der Waals surface area contributed by atoms with Gasteiger partial charge in [0, 0.05) is 25.0 Å². The van der Waals surface area contributed by atoms with Gasteiger partial charge in [-0.1, -0.05) is 19.9 Å². The lowest BCUT2D eigenvalue weighted by Crippen LogP contribution is -2.22. The zero-order chi connectivity index (χ0) is 16.1. The molecule has 4 rings (SSSR count). The van der Waals surface area contributed by atoms with Crippen LogP contribution in [0.4, 0.5) is 5.82 Å². The van der Waals surface area contributed by atoms with Crippen LogP contribution in [0.25, 0.3) is 17.0 Å². The zero-order valence-electron chi connectivity index (χ0n) is 13.5. The first-order valence-electron chi connectivity index (χ1n) is 8.12. The summed E-state index contributed by atoms with van der Waals surface area (Å²) in [5.41, 5.74) is 2.71. The zero-order valence-corrected chi connectivity index (χ0v) is 13.5. The van der Waals surface area contributed by atoms with Crippen LogP contribution in [0.15, 0.2) is 43.0 Å². The fraction of sp³-hybridized carbons (Fsp3) is 0.353. The molecule has 0 bridgehead atoms. The second-order valence-electron chi connectivity index (χ2n) is 5.19. The summed E-state index contributed by atoms with van der Waals surface area (Å²) in [6.45, 7) is 6.06. The molecule has 23 heavy (non-hydrogen) atoms. The van der Waals surface area contributed by atoms with Crippen molar-refractivity contribution >= 4 is 11.5 Å². The molecule has 1 fully saturated rings. The minimum Gasteiger partial charge on any atom is -0.366 e. The van der Waals surface area contributed by atoms with Crippen molar-refractivity contribution in [1.82, 2.24) is 24.7 Å². The van der Waals surface area contributed by atoms with E-state index in [0.29, 0.717) is 6.04 Å². The number of anilines is 1. The molecule has 2 N–H and O–H groups in total. The van der Waals surface area contributed by atoms with Crippen LogP contribution in [0.3, 0.4) is 0 Å². The van der Waals surface area contributed by atoms with Gasteiger partial charge < -0.3 is 10.6 Å². The molecule has 120 valence electrons. The van der Waals surface area contributed by atoms with Gasteiger partial charge in [0.25, 0.3) is 0 Å². The fourth-order valence-corrected chi connectivity index (χ4v) is 2.68. The van der Waals surface area contributed by atoms with E-state index in [2.05, 4.69) is 20.6 Å². The maximum Gasteiger partial charge on any atom is 0.155 e. The smallest absolute Gasteiger partial charge is 0.155 e. The van der Waals surface area contributed by atoms with Crippen LogP contribution in [0.1, 0.15) is 20.3 Å². The molecular formula is C17H22N6. The minimum atomic E-state index is 0.458. The molecule has 0 amide bonds. The molecule has 6 heteroatoms. The summed E-state index contributed by atoms with van der Waals surface area (Å²) in [6, 6.07) is 6.49. The van der Waals surface area contributed by atoms with Crippen LogP contribution < -0.4 is 10.6 Å². The Morgan fingerprint density at radius 2 is 2.17 bits per heavy atom. The summed E-state index contributed by atoms with van der Waals surface area (Å²) >= 11 is 0. The Hall–Kier alpha value is -2.47. The van der Waals surface area contributed by atoms with Crippen LogP contribution in [0.2, 0.25) is 0 Å². The highest BCUT2D eigenvalue weighted by Crippen LogP contribution is 2.20. The maximum atomic E-state index is 4.71. The van der Waals surface area contributed by atoms with E-state index >= 15 is 0 Å². The molecule has 1 aliphatic heterocycles. The van der Waals surface area contributed by atoms with E-state index in [4.69, 9.17) is 4.98 Å². The Morgan fingerprint density at radius 1 is 1.26 bits per heavy atom.